The predicted molar refractivity (Wildman–Crippen MR) is 105 cm³/mol. The van der Waals surface area contributed by atoms with Crippen molar-refractivity contribution in [3.05, 3.63) is 53.0 Å². The second-order valence-corrected chi connectivity index (χ2v) is 7.17. The van der Waals surface area contributed by atoms with Gasteiger partial charge in [-0.25, -0.2) is 4.98 Å². The maximum atomic E-state index is 13.7. The molecule has 1 fully saturated rings. The first-order valence-electron chi connectivity index (χ1n) is 8.82. The zero-order chi connectivity index (χ0) is 21.0. The van der Waals surface area contributed by atoms with Crippen molar-refractivity contribution in [2.45, 2.75) is 12.6 Å². The topological polar surface area (TPSA) is 65.5 Å². The summed E-state index contributed by atoms with van der Waals surface area (Å²) in [5.41, 5.74) is 1.42. The van der Waals surface area contributed by atoms with Crippen LogP contribution in [0.5, 0.6) is 0 Å². The number of halogens is 3. The lowest BCUT2D eigenvalue weighted by Crippen LogP contribution is -2.48. The molecule has 2 heterocycles. The van der Waals surface area contributed by atoms with Gasteiger partial charge in [0.2, 0.25) is 11.8 Å². The van der Waals surface area contributed by atoms with Crippen molar-refractivity contribution < 1.29 is 22.8 Å². The number of nitrogens with zero attached hydrogens (tertiary/aromatic N) is 3. The number of hydrogen-bond acceptors (Lipinski definition) is 5. The number of carbonyl (C=O) groups excluding carboxylic acids is 2. The first kappa shape index (κ1) is 20.8. The molecule has 2 amide bonds. The Kier molecular flexibility index (Phi) is 6.21. The fraction of sp³-hybridized carbons (Fsp3) is 0.316. The summed E-state index contributed by atoms with van der Waals surface area (Å²) in [5, 5.41) is 4.20. The molecule has 2 aromatic rings. The third-order valence-corrected chi connectivity index (χ3v) is 5.15. The van der Waals surface area contributed by atoms with Crippen LogP contribution in [0.4, 0.5) is 24.5 Å². The fourth-order valence-corrected chi connectivity index (χ4v) is 3.67. The smallest absolute Gasteiger partial charge is 0.367 e. The van der Waals surface area contributed by atoms with Crippen LogP contribution in [0.1, 0.15) is 11.3 Å². The third kappa shape index (κ3) is 5.14. The number of aromatic nitrogens is 1. The number of carbonyl (C=O) groups is 2. The second-order valence-electron chi connectivity index (χ2n) is 6.45. The lowest BCUT2D eigenvalue weighted by Gasteiger charge is -2.36. The van der Waals surface area contributed by atoms with E-state index in [1.807, 2.05) is 0 Å². The highest BCUT2D eigenvalue weighted by Gasteiger charge is 2.36. The van der Waals surface area contributed by atoms with Crippen LogP contribution < -0.4 is 10.2 Å². The number of rotatable bonds is 5. The predicted octanol–water partition coefficient (Wildman–Crippen LogP) is 3.18. The van der Waals surface area contributed by atoms with E-state index in [9.17, 15) is 22.8 Å². The van der Waals surface area contributed by atoms with Gasteiger partial charge in [-0.1, -0.05) is 6.58 Å². The minimum atomic E-state index is -4.58. The van der Waals surface area contributed by atoms with Crippen LogP contribution in [-0.4, -0.2) is 47.9 Å². The fourth-order valence-electron chi connectivity index (χ4n) is 3.11. The van der Waals surface area contributed by atoms with Crippen LogP contribution in [0.2, 0.25) is 0 Å². The Balaban J connectivity index is 1.75. The van der Waals surface area contributed by atoms with E-state index in [1.54, 1.807) is 20.7 Å². The van der Waals surface area contributed by atoms with E-state index in [2.05, 4.69) is 16.9 Å². The Hall–Kier alpha value is -2.88. The molecule has 1 aromatic heterocycles. The van der Waals surface area contributed by atoms with Gasteiger partial charge >= 0.3 is 6.18 Å². The van der Waals surface area contributed by atoms with Crippen molar-refractivity contribution >= 4 is 34.5 Å². The second kappa shape index (κ2) is 8.64. The number of hydrogen-bond donors (Lipinski definition) is 1. The van der Waals surface area contributed by atoms with Crippen molar-refractivity contribution in [1.82, 2.24) is 9.88 Å². The number of alkyl halides is 3. The van der Waals surface area contributed by atoms with E-state index in [0.29, 0.717) is 18.8 Å². The molecule has 29 heavy (non-hydrogen) atoms. The molecule has 10 heteroatoms. The van der Waals surface area contributed by atoms with E-state index < -0.39 is 17.6 Å². The van der Waals surface area contributed by atoms with Gasteiger partial charge in [0.05, 0.1) is 23.2 Å². The third-order valence-electron chi connectivity index (χ3n) is 4.52. The molecule has 0 spiro atoms. The first-order valence-corrected chi connectivity index (χ1v) is 9.76. The SMILES string of the molecule is C=CC(=O)N1CCN(c2ccc(NC(=O)Cc3cscn3)cc2C(F)(F)F)CC1. The molecule has 1 aliphatic heterocycles. The molecule has 0 aliphatic carbocycles. The van der Waals surface area contributed by atoms with Crippen LogP contribution in [0.15, 0.2) is 41.7 Å². The van der Waals surface area contributed by atoms with Crippen LogP contribution >= 0.6 is 11.3 Å². The van der Waals surface area contributed by atoms with E-state index in [1.165, 1.54) is 29.5 Å². The summed E-state index contributed by atoms with van der Waals surface area (Å²) in [7, 11) is 0. The Morgan fingerprint density at radius 3 is 2.55 bits per heavy atom. The van der Waals surface area contributed by atoms with Crippen molar-refractivity contribution in [2.75, 3.05) is 36.4 Å². The molecular formula is C19H19F3N4O2S. The molecule has 0 atom stereocenters. The minimum absolute atomic E-state index is 0.00804. The molecule has 1 aromatic carbocycles. The molecule has 3 rings (SSSR count). The molecule has 0 bridgehead atoms. The summed E-state index contributed by atoms with van der Waals surface area (Å²) in [6.07, 6.45) is -3.40. The molecule has 0 unspecified atom stereocenters. The van der Waals surface area contributed by atoms with Gasteiger partial charge < -0.3 is 15.1 Å². The lowest BCUT2D eigenvalue weighted by atomic mass is 10.1. The monoisotopic (exact) mass is 424 g/mol. The van der Waals surface area contributed by atoms with E-state index in [0.717, 1.165) is 6.07 Å². The Labute approximate surface area is 169 Å². The molecule has 0 saturated carbocycles. The van der Waals surface area contributed by atoms with Crippen molar-refractivity contribution in [2.24, 2.45) is 0 Å². The summed E-state index contributed by atoms with van der Waals surface area (Å²) in [5.74, 6) is -0.674. The average Bonchev–Trinajstić information content (AvgIpc) is 3.19. The maximum absolute atomic E-state index is 13.7. The molecule has 1 saturated heterocycles. The van der Waals surface area contributed by atoms with Gasteiger partial charge in [0.25, 0.3) is 0 Å². The van der Waals surface area contributed by atoms with Gasteiger partial charge in [-0.05, 0) is 24.3 Å². The first-order chi connectivity index (χ1) is 13.8. The van der Waals surface area contributed by atoms with Gasteiger partial charge in [0, 0.05) is 42.9 Å². The van der Waals surface area contributed by atoms with Gasteiger partial charge in [-0.15, -0.1) is 11.3 Å². The van der Waals surface area contributed by atoms with Gasteiger partial charge in [0.1, 0.15) is 0 Å². The molecule has 1 N–H and O–H groups in total. The largest absolute Gasteiger partial charge is 0.418 e. The number of thiazole rings is 1. The summed E-state index contributed by atoms with van der Waals surface area (Å²) in [4.78, 5) is 30.9. The highest BCUT2D eigenvalue weighted by atomic mass is 32.1. The summed E-state index contributed by atoms with van der Waals surface area (Å²) in [6, 6.07) is 3.74. The zero-order valence-electron chi connectivity index (χ0n) is 15.4. The van der Waals surface area contributed by atoms with Crippen LogP contribution in [-0.2, 0) is 22.2 Å². The van der Waals surface area contributed by atoms with Crippen LogP contribution in [0.3, 0.4) is 0 Å². The lowest BCUT2D eigenvalue weighted by molar-refractivity contribution is -0.137. The Bertz CT molecular complexity index is 891. The number of nitrogens with one attached hydrogen (secondary N) is 1. The molecule has 0 radical (unpaired) electrons. The Morgan fingerprint density at radius 2 is 1.97 bits per heavy atom. The summed E-state index contributed by atoms with van der Waals surface area (Å²) < 4.78 is 41.0. The number of amides is 2. The van der Waals surface area contributed by atoms with Crippen molar-refractivity contribution in [3.63, 3.8) is 0 Å². The molecular weight excluding hydrogens is 405 g/mol. The highest BCUT2D eigenvalue weighted by molar-refractivity contribution is 7.07. The van der Waals surface area contributed by atoms with Crippen molar-refractivity contribution in [1.29, 1.82) is 0 Å². The normalized spacial score (nSPS) is 14.6. The summed E-state index contributed by atoms with van der Waals surface area (Å²) >= 11 is 1.34. The molecule has 6 nitrogen and oxygen atoms in total. The van der Waals surface area contributed by atoms with Crippen LogP contribution in [0, 0.1) is 0 Å². The summed E-state index contributed by atoms with van der Waals surface area (Å²) in [6.45, 7) is 4.60. The highest BCUT2D eigenvalue weighted by Crippen LogP contribution is 2.38. The molecule has 1 aliphatic rings. The Morgan fingerprint density at radius 1 is 1.24 bits per heavy atom. The standard InChI is InChI=1S/C19H19F3N4O2S/c1-2-18(28)26-7-5-25(6-8-26)16-4-3-13(9-15(16)19(20,21)22)24-17(27)10-14-11-29-12-23-14/h2-4,9,11-12H,1,5-8,10H2,(H,24,27). The van der Waals surface area contributed by atoms with Gasteiger partial charge in [-0.3, -0.25) is 9.59 Å². The number of piperazine rings is 1. The van der Waals surface area contributed by atoms with Gasteiger partial charge in [0.15, 0.2) is 0 Å². The van der Waals surface area contributed by atoms with E-state index in [4.69, 9.17) is 0 Å². The van der Waals surface area contributed by atoms with E-state index >= 15 is 0 Å². The van der Waals surface area contributed by atoms with Crippen molar-refractivity contribution in [3.8, 4) is 0 Å². The molecule has 154 valence electrons. The van der Waals surface area contributed by atoms with E-state index in [-0.39, 0.29) is 36.8 Å². The zero-order valence-corrected chi connectivity index (χ0v) is 16.2. The van der Waals surface area contributed by atoms with Gasteiger partial charge in [-0.2, -0.15) is 13.2 Å². The average molecular weight is 424 g/mol. The minimum Gasteiger partial charge on any atom is -0.367 e. The number of benzene rings is 1. The van der Waals surface area contributed by atoms with Crippen LogP contribution in [0.25, 0.3) is 0 Å². The number of anilines is 2. The quantitative estimate of drug-likeness (QED) is 0.749. The maximum Gasteiger partial charge on any atom is 0.418 e.